The summed E-state index contributed by atoms with van der Waals surface area (Å²) in [6.45, 7) is 0.385. The molecule has 6 nitrogen and oxygen atoms in total. The number of rotatable bonds is 9. The molecule has 0 spiro atoms. The van der Waals surface area contributed by atoms with E-state index in [1.165, 1.54) is 29.7 Å². The molecule has 0 aliphatic heterocycles. The van der Waals surface area contributed by atoms with E-state index in [1.807, 2.05) is 48.5 Å². The van der Waals surface area contributed by atoms with E-state index in [0.717, 1.165) is 22.2 Å². The lowest BCUT2D eigenvalue weighted by molar-refractivity contribution is -0.137. The Morgan fingerprint density at radius 2 is 1.89 bits per heavy atom. The zero-order chi connectivity index (χ0) is 26.3. The minimum atomic E-state index is -4.44. The number of ether oxygens (including phenoxy) is 1. The minimum Gasteiger partial charge on any atom is -0.488 e. The van der Waals surface area contributed by atoms with Gasteiger partial charge in [-0.1, -0.05) is 52.3 Å². The lowest BCUT2D eigenvalue weighted by Gasteiger charge is -2.09. The number of nitrogens with one attached hydrogen (secondary N) is 2. The molecule has 0 unspecified atom stereocenters. The maximum absolute atomic E-state index is 12.9. The van der Waals surface area contributed by atoms with Gasteiger partial charge in [0, 0.05) is 21.1 Å². The van der Waals surface area contributed by atoms with E-state index in [2.05, 4.69) is 36.8 Å². The Labute approximate surface area is 223 Å². The van der Waals surface area contributed by atoms with Crippen molar-refractivity contribution in [1.82, 2.24) is 10.4 Å². The van der Waals surface area contributed by atoms with Gasteiger partial charge in [0.25, 0.3) is 0 Å². The second-order valence-electron chi connectivity index (χ2n) is 7.77. The number of thiazole rings is 1. The van der Waals surface area contributed by atoms with Gasteiger partial charge in [-0.25, -0.2) is 10.4 Å². The lowest BCUT2D eigenvalue weighted by atomic mass is 10.2. The second kappa shape index (κ2) is 12.0. The van der Waals surface area contributed by atoms with Crippen LogP contribution in [0.25, 0.3) is 0 Å². The molecule has 190 valence electrons. The first-order chi connectivity index (χ1) is 17.8. The summed E-state index contributed by atoms with van der Waals surface area (Å²) in [5.41, 5.74) is 4.11. The molecule has 1 amide bonds. The average molecular weight is 589 g/mol. The summed E-state index contributed by atoms with van der Waals surface area (Å²) >= 11 is 4.61. The number of nitrogens with zero attached hydrogens (tertiary/aromatic N) is 2. The van der Waals surface area contributed by atoms with Gasteiger partial charge in [-0.2, -0.15) is 18.3 Å². The summed E-state index contributed by atoms with van der Waals surface area (Å²) in [5, 5.41) is 8.90. The number of carbonyl (C=O) groups excluding carboxylic acids is 1. The van der Waals surface area contributed by atoms with Crippen molar-refractivity contribution >= 4 is 50.2 Å². The Bertz CT molecular complexity index is 1390. The summed E-state index contributed by atoms with van der Waals surface area (Å²) in [6.07, 6.45) is -2.99. The first kappa shape index (κ1) is 26.4. The molecule has 0 atom stereocenters. The highest BCUT2D eigenvalue weighted by Crippen LogP contribution is 2.32. The number of aromatic nitrogens is 1. The average Bonchev–Trinajstić information content (AvgIpc) is 3.30. The normalized spacial score (nSPS) is 11.5. The molecule has 0 saturated heterocycles. The van der Waals surface area contributed by atoms with Crippen molar-refractivity contribution in [3.05, 3.63) is 105 Å². The van der Waals surface area contributed by atoms with Crippen molar-refractivity contribution in [2.45, 2.75) is 19.2 Å². The largest absolute Gasteiger partial charge is 0.488 e. The SMILES string of the molecule is O=C(Cc1csc(Nc2cccc(C(F)(F)F)c2)n1)N/N=C\c1cc(Br)ccc1OCc1ccccc1. The summed E-state index contributed by atoms with van der Waals surface area (Å²) < 4.78 is 45.5. The number of anilines is 2. The van der Waals surface area contributed by atoms with Crippen LogP contribution in [0.4, 0.5) is 24.0 Å². The molecule has 2 N–H and O–H groups in total. The van der Waals surface area contributed by atoms with Crippen molar-refractivity contribution in [2.24, 2.45) is 5.10 Å². The third-order valence-electron chi connectivity index (χ3n) is 4.94. The summed E-state index contributed by atoms with van der Waals surface area (Å²) in [4.78, 5) is 16.6. The summed E-state index contributed by atoms with van der Waals surface area (Å²) in [7, 11) is 0. The van der Waals surface area contributed by atoms with Crippen LogP contribution in [0.3, 0.4) is 0 Å². The molecule has 4 rings (SSSR count). The molecule has 3 aromatic carbocycles. The van der Waals surface area contributed by atoms with Gasteiger partial charge in [0.1, 0.15) is 12.4 Å². The van der Waals surface area contributed by atoms with Crippen molar-refractivity contribution in [2.75, 3.05) is 5.32 Å². The second-order valence-corrected chi connectivity index (χ2v) is 9.55. The van der Waals surface area contributed by atoms with Gasteiger partial charge in [-0.3, -0.25) is 4.79 Å². The van der Waals surface area contributed by atoms with Crippen LogP contribution < -0.4 is 15.5 Å². The van der Waals surface area contributed by atoms with Gasteiger partial charge < -0.3 is 10.1 Å². The highest BCUT2D eigenvalue weighted by Gasteiger charge is 2.30. The van der Waals surface area contributed by atoms with Crippen molar-refractivity contribution in [3.8, 4) is 5.75 Å². The Kier molecular flexibility index (Phi) is 8.57. The first-order valence-corrected chi connectivity index (χ1v) is 12.6. The molecular formula is C26H20BrF3N4O2S. The van der Waals surface area contributed by atoms with E-state index in [-0.39, 0.29) is 12.1 Å². The zero-order valence-corrected chi connectivity index (χ0v) is 21.5. The Morgan fingerprint density at radius 3 is 2.68 bits per heavy atom. The molecule has 0 aliphatic rings. The van der Waals surface area contributed by atoms with Crippen LogP contribution in [0.15, 0.2) is 87.8 Å². The van der Waals surface area contributed by atoms with Gasteiger partial charge in [-0.05, 0) is 42.0 Å². The maximum Gasteiger partial charge on any atom is 0.416 e. The number of benzene rings is 3. The molecule has 11 heteroatoms. The molecule has 0 bridgehead atoms. The van der Waals surface area contributed by atoms with Crippen LogP contribution in [-0.2, 0) is 24.0 Å². The van der Waals surface area contributed by atoms with Crippen LogP contribution in [0.1, 0.15) is 22.4 Å². The molecule has 1 aromatic heterocycles. The number of alkyl halides is 3. The highest BCUT2D eigenvalue weighted by molar-refractivity contribution is 9.10. The zero-order valence-electron chi connectivity index (χ0n) is 19.1. The van der Waals surface area contributed by atoms with Crippen LogP contribution in [0.2, 0.25) is 0 Å². The van der Waals surface area contributed by atoms with Crippen LogP contribution in [0.5, 0.6) is 5.75 Å². The van der Waals surface area contributed by atoms with Gasteiger partial charge in [-0.15, -0.1) is 11.3 Å². The third kappa shape index (κ3) is 7.89. The Hall–Kier alpha value is -3.70. The molecule has 0 radical (unpaired) electrons. The quantitative estimate of drug-likeness (QED) is 0.164. The van der Waals surface area contributed by atoms with E-state index < -0.39 is 17.6 Å². The first-order valence-electron chi connectivity index (χ1n) is 10.9. The Morgan fingerprint density at radius 1 is 1.08 bits per heavy atom. The predicted molar refractivity (Wildman–Crippen MR) is 141 cm³/mol. The molecule has 1 heterocycles. The van der Waals surface area contributed by atoms with Gasteiger partial charge >= 0.3 is 6.18 Å². The number of amides is 1. The van der Waals surface area contributed by atoms with Gasteiger partial charge in [0.15, 0.2) is 5.13 Å². The predicted octanol–water partition coefficient (Wildman–Crippen LogP) is 6.94. The molecule has 0 fully saturated rings. The van der Waals surface area contributed by atoms with Crippen LogP contribution in [-0.4, -0.2) is 17.1 Å². The standard InChI is InChI=1S/C26H20BrF3N4O2S/c27-20-9-10-23(36-15-17-5-2-1-3-6-17)18(11-20)14-31-34-24(35)13-22-16-37-25(33-22)32-21-8-4-7-19(12-21)26(28,29)30/h1-12,14,16H,13,15H2,(H,32,33)(H,34,35)/b31-14-. The van der Waals surface area contributed by atoms with E-state index in [4.69, 9.17) is 4.74 Å². The summed E-state index contributed by atoms with van der Waals surface area (Å²) in [5.74, 6) is 0.212. The number of halogens is 4. The number of hydrogen-bond acceptors (Lipinski definition) is 6. The molecule has 0 aliphatic carbocycles. The topological polar surface area (TPSA) is 75.6 Å². The van der Waals surface area contributed by atoms with Crippen LogP contribution >= 0.6 is 27.3 Å². The van der Waals surface area contributed by atoms with Gasteiger partial charge in [0.2, 0.25) is 5.91 Å². The monoisotopic (exact) mass is 588 g/mol. The van der Waals surface area contributed by atoms with Crippen molar-refractivity contribution < 1.29 is 22.7 Å². The van der Waals surface area contributed by atoms with E-state index in [1.54, 1.807) is 5.38 Å². The van der Waals surface area contributed by atoms with Gasteiger partial charge in [0.05, 0.1) is 23.9 Å². The summed E-state index contributed by atoms with van der Waals surface area (Å²) in [6, 6.07) is 20.0. The van der Waals surface area contributed by atoms with Crippen LogP contribution in [0, 0.1) is 0 Å². The maximum atomic E-state index is 12.9. The number of carbonyl (C=O) groups is 1. The molecule has 37 heavy (non-hydrogen) atoms. The third-order valence-corrected chi connectivity index (χ3v) is 6.24. The molecule has 0 saturated carbocycles. The fourth-order valence-electron chi connectivity index (χ4n) is 3.21. The molecular weight excluding hydrogens is 569 g/mol. The van der Waals surface area contributed by atoms with E-state index in [0.29, 0.717) is 28.7 Å². The van der Waals surface area contributed by atoms with E-state index >= 15 is 0 Å². The van der Waals surface area contributed by atoms with Crippen molar-refractivity contribution in [1.29, 1.82) is 0 Å². The number of hydrogen-bond donors (Lipinski definition) is 2. The smallest absolute Gasteiger partial charge is 0.416 e. The van der Waals surface area contributed by atoms with E-state index in [9.17, 15) is 18.0 Å². The highest BCUT2D eigenvalue weighted by atomic mass is 79.9. The minimum absolute atomic E-state index is 0.0477. The fraction of sp³-hybridized carbons (Fsp3) is 0.115. The molecule has 4 aromatic rings. The Balaban J connectivity index is 1.32. The van der Waals surface area contributed by atoms with Crippen molar-refractivity contribution in [3.63, 3.8) is 0 Å². The lowest BCUT2D eigenvalue weighted by Crippen LogP contribution is -2.20. The number of hydrazone groups is 1. The fourth-order valence-corrected chi connectivity index (χ4v) is 4.32.